The molecule has 2 saturated heterocycles. The van der Waals surface area contributed by atoms with E-state index in [1.807, 2.05) is 41.4 Å². The fourth-order valence-electron chi connectivity index (χ4n) is 8.63. The van der Waals surface area contributed by atoms with Crippen LogP contribution in [-0.4, -0.2) is 86.7 Å². The molecule has 0 atom stereocenters. The largest absolute Gasteiger partial charge is 0.303 e. The Morgan fingerprint density at radius 3 is 1.61 bits per heavy atom. The van der Waals surface area contributed by atoms with Crippen LogP contribution in [-0.2, 0) is 22.9 Å². The second-order valence-corrected chi connectivity index (χ2v) is 18.6. The summed E-state index contributed by atoms with van der Waals surface area (Å²) in [7, 11) is -3.85. The number of likely N-dealkylation sites (tertiary alicyclic amines) is 2. The molecule has 11 nitrogen and oxygen atoms in total. The Hall–Kier alpha value is -5.31. The van der Waals surface area contributed by atoms with Gasteiger partial charge in [0.05, 0.1) is 21.8 Å². The van der Waals surface area contributed by atoms with Crippen molar-refractivity contribution in [1.82, 2.24) is 39.0 Å². The molecule has 0 amide bonds. The summed E-state index contributed by atoms with van der Waals surface area (Å²) in [5.74, 6) is 0. The van der Waals surface area contributed by atoms with Crippen molar-refractivity contribution in [3.63, 3.8) is 0 Å². The molecule has 13 heteroatoms. The highest BCUT2D eigenvalue weighted by Crippen LogP contribution is 2.34. The Kier molecular flexibility index (Phi) is 12.4. The number of primary sulfonamides is 1. The van der Waals surface area contributed by atoms with E-state index in [0.29, 0.717) is 11.0 Å². The predicted molar refractivity (Wildman–Crippen MR) is 247 cm³/mol. The highest BCUT2D eigenvalue weighted by atomic mass is 79.9. The predicted octanol–water partition coefficient (Wildman–Crippen LogP) is 9.08. The van der Waals surface area contributed by atoms with Gasteiger partial charge in [-0.3, -0.25) is 0 Å². The van der Waals surface area contributed by atoms with Crippen molar-refractivity contribution in [2.45, 2.75) is 56.3 Å². The molecule has 4 aromatic heterocycles. The number of nitrogens with two attached hydrogens (primary N) is 1. The standard InChI is InChI=1S/C29H29N5O2S.C19H21BrN4/c30-37(35,36)28-13-12-25(24-6-2-3-7-26(24)28)27-19-32-34-20-23(18-31-29(27)34)22-10-8-21(9-11-22)14-17-33-15-4-1-5-16-33;20-18-13-22-24-14-17(12-21-19(18)24)16-6-4-15(5-7-16)8-11-23-9-2-1-3-10-23/h2-3,6-13,18-20H,1,4-5,14-17H2,(H2,30,35,36);4-7,12-14H,1-3,8-11H2. The Morgan fingerprint density at radius 1 is 0.541 bits per heavy atom. The minimum atomic E-state index is -3.85. The highest BCUT2D eigenvalue weighted by Gasteiger charge is 2.18. The van der Waals surface area contributed by atoms with E-state index >= 15 is 0 Å². The van der Waals surface area contributed by atoms with Crippen molar-refractivity contribution in [1.29, 1.82) is 0 Å². The Balaban J connectivity index is 0.000000171. The van der Waals surface area contributed by atoms with E-state index in [1.54, 1.807) is 41.2 Å². The van der Waals surface area contributed by atoms with Gasteiger partial charge in [-0.2, -0.15) is 10.2 Å². The number of hydrogen-bond acceptors (Lipinski definition) is 8. The first-order valence-corrected chi connectivity index (χ1v) is 23.6. The highest BCUT2D eigenvalue weighted by molar-refractivity contribution is 9.10. The van der Waals surface area contributed by atoms with Crippen LogP contribution >= 0.6 is 15.9 Å². The van der Waals surface area contributed by atoms with Gasteiger partial charge in [-0.15, -0.1) is 0 Å². The van der Waals surface area contributed by atoms with Crippen LogP contribution in [0, 0.1) is 0 Å². The molecule has 0 radical (unpaired) electrons. The van der Waals surface area contributed by atoms with E-state index < -0.39 is 10.0 Å². The van der Waals surface area contributed by atoms with Crippen LogP contribution < -0.4 is 5.14 Å². The van der Waals surface area contributed by atoms with E-state index in [0.717, 1.165) is 62.7 Å². The van der Waals surface area contributed by atoms with E-state index in [2.05, 4.69) is 89.4 Å². The molecule has 0 spiro atoms. The van der Waals surface area contributed by atoms with Crippen LogP contribution in [0.4, 0.5) is 0 Å². The quantitative estimate of drug-likeness (QED) is 0.144. The van der Waals surface area contributed by atoms with Crippen LogP contribution in [0.3, 0.4) is 0 Å². The summed E-state index contributed by atoms with van der Waals surface area (Å²) >= 11 is 3.46. The van der Waals surface area contributed by atoms with Gasteiger partial charge in [0, 0.05) is 60.0 Å². The molecule has 2 aliphatic heterocycles. The zero-order valence-corrected chi connectivity index (χ0v) is 36.6. The van der Waals surface area contributed by atoms with Crippen molar-refractivity contribution < 1.29 is 8.42 Å². The Bertz CT molecular complexity index is 2880. The fourth-order valence-corrected chi connectivity index (χ4v) is 9.75. The number of piperidine rings is 2. The second-order valence-electron chi connectivity index (χ2n) is 16.2. The molecule has 61 heavy (non-hydrogen) atoms. The van der Waals surface area contributed by atoms with Crippen molar-refractivity contribution in [2.24, 2.45) is 5.14 Å². The molecule has 2 N–H and O–H groups in total. The van der Waals surface area contributed by atoms with Gasteiger partial charge in [-0.25, -0.2) is 32.6 Å². The third-order valence-electron chi connectivity index (χ3n) is 12.1. The maximum Gasteiger partial charge on any atom is 0.238 e. The Morgan fingerprint density at radius 2 is 1.05 bits per heavy atom. The van der Waals surface area contributed by atoms with Crippen LogP contribution in [0.1, 0.15) is 49.7 Å². The summed E-state index contributed by atoms with van der Waals surface area (Å²) in [6.07, 6.45) is 21.6. The molecule has 6 heterocycles. The van der Waals surface area contributed by atoms with Crippen molar-refractivity contribution in [3.8, 4) is 33.4 Å². The minimum absolute atomic E-state index is 0.109. The third kappa shape index (κ3) is 9.46. The SMILES string of the molecule is Brc1cnn2cc(-c3ccc(CCN4CCCCC4)cc3)cnc12.NS(=O)(=O)c1ccc(-c2cnn3cc(-c4ccc(CCN5CCCCC5)cc4)cnc23)c2ccccc12. The van der Waals surface area contributed by atoms with Crippen molar-refractivity contribution >= 4 is 48.0 Å². The molecule has 8 aromatic rings. The van der Waals surface area contributed by atoms with Gasteiger partial charge in [0.15, 0.2) is 11.3 Å². The van der Waals surface area contributed by atoms with E-state index in [9.17, 15) is 8.42 Å². The van der Waals surface area contributed by atoms with Gasteiger partial charge in [0.2, 0.25) is 10.0 Å². The molecule has 2 aliphatic rings. The van der Waals surface area contributed by atoms with Crippen molar-refractivity contribution in [3.05, 3.63) is 138 Å². The summed E-state index contributed by atoms with van der Waals surface area (Å²) in [6.45, 7) is 7.28. The number of benzene rings is 4. The summed E-state index contributed by atoms with van der Waals surface area (Å²) in [6, 6.07) is 28.2. The molecule has 0 saturated carbocycles. The van der Waals surface area contributed by atoms with Crippen LogP contribution in [0.25, 0.3) is 55.4 Å². The van der Waals surface area contributed by atoms with Gasteiger partial charge in [0.1, 0.15) is 0 Å². The van der Waals surface area contributed by atoms with E-state index in [-0.39, 0.29) is 4.90 Å². The fraction of sp³-hybridized carbons (Fsp3) is 0.292. The molecule has 10 rings (SSSR count). The van der Waals surface area contributed by atoms with Crippen LogP contribution in [0.2, 0.25) is 0 Å². The number of nitrogens with zero attached hydrogens (tertiary/aromatic N) is 8. The second kappa shape index (κ2) is 18.3. The van der Waals surface area contributed by atoms with Gasteiger partial charge < -0.3 is 9.80 Å². The number of aromatic nitrogens is 6. The first kappa shape index (κ1) is 41.1. The number of halogens is 1. The maximum atomic E-state index is 12.1. The third-order valence-corrected chi connectivity index (χ3v) is 13.6. The lowest BCUT2D eigenvalue weighted by molar-refractivity contribution is 0.231. The summed E-state index contributed by atoms with van der Waals surface area (Å²) in [4.78, 5) is 14.5. The number of fused-ring (bicyclic) bond motifs is 3. The lowest BCUT2D eigenvalue weighted by Crippen LogP contribution is -2.31. The maximum absolute atomic E-state index is 12.1. The first-order chi connectivity index (χ1) is 29.8. The zero-order valence-electron chi connectivity index (χ0n) is 34.2. The van der Waals surface area contributed by atoms with Gasteiger partial charge in [-0.05, 0) is 120 Å². The van der Waals surface area contributed by atoms with Gasteiger partial charge in [0.25, 0.3) is 0 Å². The van der Waals surface area contributed by atoms with Crippen LogP contribution in [0.5, 0.6) is 0 Å². The molecule has 0 aliphatic carbocycles. The molecule has 4 aromatic carbocycles. The smallest absolute Gasteiger partial charge is 0.238 e. The normalized spacial score (nSPS) is 15.3. The molecule has 0 bridgehead atoms. The lowest BCUT2D eigenvalue weighted by Gasteiger charge is -2.26. The number of rotatable bonds is 10. The van der Waals surface area contributed by atoms with Gasteiger partial charge in [-0.1, -0.05) is 91.7 Å². The minimum Gasteiger partial charge on any atom is -0.303 e. The average molecular weight is 897 g/mol. The summed E-state index contributed by atoms with van der Waals surface area (Å²) < 4.78 is 28.7. The van der Waals surface area contributed by atoms with Crippen molar-refractivity contribution in [2.75, 3.05) is 39.3 Å². The van der Waals surface area contributed by atoms with E-state index in [1.165, 1.54) is 87.9 Å². The molecular weight excluding hydrogens is 847 g/mol. The topological polar surface area (TPSA) is 127 Å². The Labute approximate surface area is 365 Å². The molecule has 312 valence electrons. The number of hydrogen-bond donors (Lipinski definition) is 1. The summed E-state index contributed by atoms with van der Waals surface area (Å²) in [5.41, 5.74) is 10.3. The lowest BCUT2D eigenvalue weighted by atomic mass is 10.00. The van der Waals surface area contributed by atoms with Crippen LogP contribution in [0.15, 0.2) is 131 Å². The average Bonchev–Trinajstić information content (AvgIpc) is 3.90. The number of sulfonamides is 1. The molecule has 0 unspecified atom stereocenters. The monoisotopic (exact) mass is 895 g/mol. The van der Waals surface area contributed by atoms with Gasteiger partial charge >= 0.3 is 0 Å². The zero-order chi connectivity index (χ0) is 41.8. The molecule has 2 fully saturated rings. The van der Waals surface area contributed by atoms with E-state index in [4.69, 9.17) is 10.1 Å². The molecular formula is C48H50BrN9O2S. The summed E-state index contributed by atoms with van der Waals surface area (Å²) in [5, 5.41) is 15.7. The first-order valence-electron chi connectivity index (χ1n) is 21.3.